The molecule has 0 saturated carbocycles. The van der Waals surface area contributed by atoms with Gasteiger partial charge in [-0.05, 0) is 55.3 Å². The van der Waals surface area contributed by atoms with Crippen LogP contribution in [0, 0.1) is 29.6 Å². The summed E-state index contributed by atoms with van der Waals surface area (Å²) in [6.45, 7) is 6.88. The fraction of sp³-hybridized carbons (Fsp3) is 0.259. The first kappa shape index (κ1) is 21.9. The highest BCUT2D eigenvalue weighted by atomic mass is 35.5. The quantitative estimate of drug-likeness (QED) is 0.498. The van der Waals surface area contributed by atoms with E-state index in [-0.39, 0.29) is 12.1 Å². The Hall–Kier alpha value is -3.31. The van der Waals surface area contributed by atoms with Crippen LogP contribution in [-0.4, -0.2) is 24.5 Å². The first-order valence-corrected chi connectivity index (χ1v) is 11.1. The Labute approximate surface area is 194 Å². The van der Waals surface area contributed by atoms with Crippen LogP contribution in [0.2, 0.25) is 5.02 Å². The zero-order valence-electron chi connectivity index (χ0n) is 18.3. The zero-order chi connectivity index (χ0) is 22.7. The Morgan fingerprint density at radius 2 is 1.56 bits per heavy atom. The van der Waals surface area contributed by atoms with Gasteiger partial charge in [0.25, 0.3) is 0 Å². The zero-order valence-corrected chi connectivity index (χ0v) is 19.0. The van der Waals surface area contributed by atoms with Gasteiger partial charge in [-0.2, -0.15) is 10.5 Å². The third kappa shape index (κ3) is 4.48. The van der Waals surface area contributed by atoms with Crippen molar-refractivity contribution < 1.29 is 0 Å². The summed E-state index contributed by atoms with van der Waals surface area (Å²) >= 11 is 6.61. The number of anilines is 1. The molecule has 0 aliphatic carbocycles. The number of hydrogen-bond donors (Lipinski definition) is 0. The van der Waals surface area contributed by atoms with Crippen LogP contribution in [0.4, 0.5) is 5.69 Å². The first-order chi connectivity index (χ1) is 15.5. The summed E-state index contributed by atoms with van der Waals surface area (Å²) in [7, 11) is 0. The molecule has 4 nitrogen and oxygen atoms in total. The number of rotatable bonds is 4. The van der Waals surface area contributed by atoms with Crippen molar-refractivity contribution in [1.29, 1.82) is 10.5 Å². The fourth-order valence-corrected chi connectivity index (χ4v) is 4.66. The molecular weight excluding hydrogens is 416 g/mol. The van der Waals surface area contributed by atoms with E-state index in [1.54, 1.807) is 6.07 Å². The van der Waals surface area contributed by atoms with Crippen LogP contribution >= 0.6 is 11.6 Å². The lowest BCUT2D eigenvalue weighted by Crippen LogP contribution is -2.49. The monoisotopic (exact) mass is 440 g/mol. The third-order valence-electron chi connectivity index (χ3n) is 6.33. The molecule has 0 aromatic heterocycles. The molecule has 1 aliphatic rings. The average molecular weight is 441 g/mol. The first-order valence-electron chi connectivity index (χ1n) is 10.8. The number of aryl methyl sites for hydroxylation is 1. The molecule has 3 aromatic rings. The van der Waals surface area contributed by atoms with Crippen molar-refractivity contribution >= 4 is 17.3 Å². The molecule has 32 heavy (non-hydrogen) atoms. The van der Waals surface area contributed by atoms with Gasteiger partial charge in [-0.15, -0.1) is 0 Å². The highest BCUT2D eigenvalue weighted by Gasteiger charge is 2.32. The number of nitriles is 2. The molecule has 0 N–H and O–H groups in total. The number of piperazine rings is 1. The summed E-state index contributed by atoms with van der Waals surface area (Å²) in [6.07, 6.45) is 0. The van der Waals surface area contributed by atoms with Crippen LogP contribution in [-0.2, 0) is 0 Å². The van der Waals surface area contributed by atoms with E-state index in [2.05, 4.69) is 60.1 Å². The Morgan fingerprint density at radius 1 is 0.906 bits per heavy atom. The van der Waals surface area contributed by atoms with Crippen molar-refractivity contribution in [3.63, 3.8) is 0 Å². The molecule has 1 aliphatic heterocycles. The van der Waals surface area contributed by atoms with Gasteiger partial charge in [-0.3, -0.25) is 4.90 Å². The van der Waals surface area contributed by atoms with Gasteiger partial charge in [0.2, 0.25) is 0 Å². The largest absolute Gasteiger partial charge is 0.361 e. The van der Waals surface area contributed by atoms with Gasteiger partial charge in [0.15, 0.2) is 0 Å². The van der Waals surface area contributed by atoms with Crippen LogP contribution in [0.15, 0.2) is 66.7 Å². The normalized spacial score (nSPS) is 17.4. The van der Waals surface area contributed by atoms with E-state index in [0.29, 0.717) is 16.1 Å². The van der Waals surface area contributed by atoms with Crippen LogP contribution < -0.4 is 4.90 Å². The number of nitrogens with zero attached hydrogens (tertiary/aromatic N) is 4. The second-order valence-electron chi connectivity index (χ2n) is 8.30. The maximum Gasteiger partial charge on any atom is 0.0992 e. The van der Waals surface area contributed by atoms with Gasteiger partial charge in [0.1, 0.15) is 0 Å². The van der Waals surface area contributed by atoms with E-state index in [9.17, 15) is 5.26 Å². The van der Waals surface area contributed by atoms with E-state index in [4.69, 9.17) is 16.9 Å². The standard InChI is InChI=1S/C27H25ClN4/c1-19-3-8-24(9-4-19)27-18-31(20(2)23-10-5-21(16-29)6-11-23)13-14-32(27)26-12-7-22(17-30)15-25(26)28/h3-12,15,20,27H,13-14,18H2,1-2H3/t20-,27+/m1/s1. The van der Waals surface area contributed by atoms with E-state index < -0.39 is 0 Å². The smallest absolute Gasteiger partial charge is 0.0992 e. The molecule has 0 radical (unpaired) electrons. The van der Waals surface area contributed by atoms with Crippen LogP contribution in [0.1, 0.15) is 46.8 Å². The molecule has 1 fully saturated rings. The number of halogens is 1. The molecule has 160 valence electrons. The topological polar surface area (TPSA) is 54.1 Å². The Kier molecular flexibility index (Phi) is 6.47. The third-order valence-corrected chi connectivity index (χ3v) is 6.63. The molecule has 1 saturated heterocycles. The summed E-state index contributed by atoms with van der Waals surface area (Å²) in [5.74, 6) is 0. The Balaban J connectivity index is 1.65. The molecular formula is C27H25ClN4. The fourth-order valence-electron chi connectivity index (χ4n) is 4.37. The van der Waals surface area contributed by atoms with Crippen LogP contribution in [0.5, 0.6) is 0 Å². The summed E-state index contributed by atoms with van der Waals surface area (Å²) < 4.78 is 0. The van der Waals surface area contributed by atoms with Gasteiger partial charge in [-0.25, -0.2) is 0 Å². The molecule has 2 atom stereocenters. The van der Waals surface area contributed by atoms with Crippen LogP contribution in [0.25, 0.3) is 0 Å². The molecule has 3 aromatic carbocycles. The summed E-state index contributed by atoms with van der Waals surface area (Å²) in [4.78, 5) is 4.84. The van der Waals surface area contributed by atoms with E-state index in [0.717, 1.165) is 25.3 Å². The minimum Gasteiger partial charge on any atom is -0.361 e. The molecule has 5 heteroatoms. The highest BCUT2D eigenvalue weighted by molar-refractivity contribution is 6.33. The van der Waals surface area contributed by atoms with Crippen molar-refractivity contribution in [1.82, 2.24) is 4.90 Å². The maximum atomic E-state index is 9.21. The van der Waals surface area contributed by atoms with Crippen molar-refractivity contribution in [2.75, 3.05) is 24.5 Å². The maximum absolute atomic E-state index is 9.21. The summed E-state index contributed by atoms with van der Waals surface area (Å²) in [5, 5.41) is 18.9. The predicted octanol–water partition coefficient (Wildman–Crippen LogP) is 6.02. The molecule has 1 heterocycles. The second-order valence-corrected chi connectivity index (χ2v) is 8.71. The second kappa shape index (κ2) is 9.45. The summed E-state index contributed by atoms with van der Waals surface area (Å²) in [6, 6.07) is 26.8. The van der Waals surface area contributed by atoms with E-state index >= 15 is 0 Å². The molecule has 0 spiro atoms. The molecule has 0 bridgehead atoms. The lowest BCUT2D eigenvalue weighted by atomic mass is 9.97. The minimum absolute atomic E-state index is 0.135. The number of hydrogen-bond acceptors (Lipinski definition) is 4. The predicted molar refractivity (Wildman–Crippen MR) is 129 cm³/mol. The van der Waals surface area contributed by atoms with Gasteiger partial charge >= 0.3 is 0 Å². The van der Waals surface area contributed by atoms with Gasteiger partial charge in [0, 0.05) is 25.7 Å². The average Bonchev–Trinajstić information content (AvgIpc) is 2.84. The van der Waals surface area contributed by atoms with Crippen molar-refractivity contribution in [2.45, 2.75) is 25.9 Å². The molecule has 4 rings (SSSR count). The summed E-state index contributed by atoms with van der Waals surface area (Å²) in [5.41, 5.74) is 5.89. The van der Waals surface area contributed by atoms with E-state index in [1.165, 1.54) is 16.7 Å². The van der Waals surface area contributed by atoms with Gasteiger partial charge in [0.05, 0.1) is 40.0 Å². The lowest BCUT2D eigenvalue weighted by Gasteiger charge is -2.45. The van der Waals surface area contributed by atoms with Crippen molar-refractivity contribution in [3.8, 4) is 12.1 Å². The number of benzene rings is 3. The van der Waals surface area contributed by atoms with Gasteiger partial charge < -0.3 is 4.90 Å². The molecule has 0 amide bonds. The van der Waals surface area contributed by atoms with Crippen molar-refractivity contribution in [2.24, 2.45) is 0 Å². The highest BCUT2D eigenvalue weighted by Crippen LogP contribution is 2.37. The minimum atomic E-state index is 0.135. The van der Waals surface area contributed by atoms with E-state index in [1.807, 2.05) is 36.4 Å². The lowest BCUT2D eigenvalue weighted by molar-refractivity contribution is 0.171. The SMILES string of the molecule is Cc1ccc([C@@H]2CN([C@H](C)c3ccc(C#N)cc3)CCN2c2ccc(C#N)cc2Cl)cc1. The Bertz CT molecular complexity index is 1170. The van der Waals surface area contributed by atoms with Crippen molar-refractivity contribution in [3.05, 3.63) is 99.6 Å². The van der Waals surface area contributed by atoms with Gasteiger partial charge in [-0.1, -0.05) is 53.6 Å². The van der Waals surface area contributed by atoms with Crippen LogP contribution in [0.3, 0.4) is 0 Å². The Morgan fingerprint density at radius 3 is 2.19 bits per heavy atom. The molecule has 0 unspecified atom stereocenters.